The lowest BCUT2D eigenvalue weighted by atomic mass is 10.1. The van der Waals surface area contributed by atoms with Gasteiger partial charge in [-0.05, 0) is 43.7 Å². The van der Waals surface area contributed by atoms with Gasteiger partial charge in [-0.25, -0.2) is 4.39 Å². The Morgan fingerprint density at radius 2 is 1.85 bits per heavy atom. The summed E-state index contributed by atoms with van der Waals surface area (Å²) >= 11 is 0. The summed E-state index contributed by atoms with van der Waals surface area (Å²) in [5.41, 5.74) is 0.779. The van der Waals surface area contributed by atoms with Gasteiger partial charge in [0.05, 0.1) is 20.3 Å². The van der Waals surface area contributed by atoms with Crippen LogP contribution in [0.4, 0.5) is 4.39 Å². The molecule has 0 aromatic heterocycles. The highest BCUT2D eigenvalue weighted by Gasteiger charge is 2.23. The quantitative estimate of drug-likeness (QED) is 0.775. The fourth-order valence-corrected chi connectivity index (χ4v) is 2.58. The van der Waals surface area contributed by atoms with Gasteiger partial charge in [0.15, 0.2) is 17.7 Å². The number of hydrogen-bond donors (Lipinski definition) is 1. The van der Waals surface area contributed by atoms with Gasteiger partial charge >= 0.3 is 0 Å². The van der Waals surface area contributed by atoms with E-state index in [0.717, 1.165) is 5.56 Å². The van der Waals surface area contributed by atoms with Crippen molar-refractivity contribution in [2.75, 3.05) is 14.2 Å². The van der Waals surface area contributed by atoms with Crippen molar-refractivity contribution in [3.05, 3.63) is 53.8 Å². The Balaban J connectivity index is 2.13. The maximum absolute atomic E-state index is 13.8. The molecule has 0 unspecified atom stereocenters. The van der Waals surface area contributed by atoms with Crippen molar-refractivity contribution in [2.45, 2.75) is 32.4 Å². The number of rotatable bonds is 8. The van der Waals surface area contributed by atoms with Gasteiger partial charge in [0.2, 0.25) is 0 Å². The molecule has 1 amide bonds. The summed E-state index contributed by atoms with van der Waals surface area (Å²) in [7, 11) is 3.14. The van der Waals surface area contributed by atoms with Gasteiger partial charge < -0.3 is 19.5 Å². The van der Waals surface area contributed by atoms with Crippen LogP contribution in [-0.4, -0.2) is 26.2 Å². The Morgan fingerprint density at radius 3 is 2.46 bits per heavy atom. The second kappa shape index (κ2) is 9.08. The number of amides is 1. The van der Waals surface area contributed by atoms with E-state index < -0.39 is 11.9 Å². The largest absolute Gasteiger partial charge is 0.497 e. The fourth-order valence-electron chi connectivity index (χ4n) is 2.58. The average molecular weight is 361 g/mol. The van der Waals surface area contributed by atoms with E-state index in [1.165, 1.54) is 12.1 Å². The number of nitrogens with one attached hydrogen (secondary N) is 1. The first-order valence-electron chi connectivity index (χ1n) is 8.43. The first kappa shape index (κ1) is 19.6. The van der Waals surface area contributed by atoms with Crippen LogP contribution in [0.1, 0.15) is 31.9 Å². The number of para-hydroxylation sites is 1. The average Bonchev–Trinajstić information content (AvgIpc) is 2.66. The minimum absolute atomic E-state index is 0.0566. The third-order valence-corrected chi connectivity index (χ3v) is 4.03. The van der Waals surface area contributed by atoms with Gasteiger partial charge in [0.25, 0.3) is 5.91 Å². The molecule has 26 heavy (non-hydrogen) atoms. The molecule has 5 nitrogen and oxygen atoms in total. The lowest BCUT2D eigenvalue weighted by molar-refractivity contribution is -0.128. The van der Waals surface area contributed by atoms with E-state index in [2.05, 4.69) is 5.32 Å². The highest BCUT2D eigenvalue weighted by molar-refractivity contribution is 5.81. The molecule has 2 aromatic rings. The van der Waals surface area contributed by atoms with Crippen LogP contribution in [-0.2, 0) is 4.79 Å². The number of ether oxygens (including phenoxy) is 3. The topological polar surface area (TPSA) is 56.8 Å². The highest BCUT2D eigenvalue weighted by Crippen LogP contribution is 2.29. The molecule has 0 fully saturated rings. The molecule has 0 radical (unpaired) electrons. The van der Waals surface area contributed by atoms with E-state index in [4.69, 9.17) is 14.2 Å². The smallest absolute Gasteiger partial charge is 0.261 e. The van der Waals surface area contributed by atoms with E-state index in [0.29, 0.717) is 17.9 Å². The Morgan fingerprint density at radius 1 is 1.12 bits per heavy atom. The van der Waals surface area contributed by atoms with E-state index >= 15 is 0 Å². The van der Waals surface area contributed by atoms with Gasteiger partial charge in [0.1, 0.15) is 11.5 Å². The third kappa shape index (κ3) is 4.65. The highest BCUT2D eigenvalue weighted by atomic mass is 19.1. The summed E-state index contributed by atoms with van der Waals surface area (Å²) in [4.78, 5) is 12.6. The van der Waals surface area contributed by atoms with E-state index in [1.807, 2.05) is 19.9 Å². The van der Waals surface area contributed by atoms with Crippen LogP contribution >= 0.6 is 0 Å². The molecule has 140 valence electrons. The standard InChI is InChI=1S/C20H24FNO4/c1-5-17(26-19-9-7-6-8-16(19)21)20(23)22-13(2)15-12-14(24-3)10-11-18(15)25-4/h6-13,17H,5H2,1-4H3,(H,22,23)/t13-,17+/m0/s1. The Hall–Kier alpha value is -2.76. The number of carbonyl (C=O) groups is 1. The minimum atomic E-state index is -0.800. The maximum Gasteiger partial charge on any atom is 0.261 e. The zero-order valence-corrected chi connectivity index (χ0v) is 15.4. The molecule has 0 spiro atoms. The molecule has 0 saturated carbocycles. The SMILES string of the molecule is CC[C@@H](Oc1ccccc1F)C(=O)N[C@@H](C)c1cc(OC)ccc1OC. The van der Waals surface area contributed by atoms with Crippen LogP contribution in [0, 0.1) is 5.82 Å². The van der Waals surface area contributed by atoms with Crippen molar-refractivity contribution in [3.63, 3.8) is 0 Å². The number of benzene rings is 2. The zero-order chi connectivity index (χ0) is 19.1. The van der Waals surface area contributed by atoms with E-state index in [1.54, 1.807) is 38.5 Å². The molecule has 0 saturated heterocycles. The van der Waals surface area contributed by atoms with Gasteiger partial charge in [-0.3, -0.25) is 4.79 Å². The summed E-state index contributed by atoms with van der Waals surface area (Å²) in [6, 6.07) is 11.1. The first-order chi connectivity index (χ1) is 12.5. The Bertz CT molecular complexity index is 750. The summed E-state index contributed by atoms with van der Waals surface area (Å²) in [6.07, 6.45) is -0.395. The normalized spacial score (nSPS) is 12.8. The summed E-state index contributed by atoms with van der Waals surface area (Å²) in [5, 5.41) is 2.89. The van der Waals surface area contributed by atoms with E-state index in [9.17, 15) is 9.18 Å². The maximum atomic E-state index is 13.8. The molecule has 1 N–H and O–H groups in total. The predicted octanol–water partition coefficient (Wildman–Crippen LogP) is 3.88. The molecule has 2 atom stereocenters. The van der Waals surface area contributed by atoms with Crippen molar-refractivity contribution < 1.29 is 23.4 Å². The Labute approximate surface area is 153 Å². The van der Waals surface area contributed by atoms with Crippen molar-refractivity contribution in [2.24, 2.45) is 0 Å². The molecule has 0 aliphatic carbocycles. The second-order valence-electron chi connectivity index (χ2n) is 5.78. The fraction of sp³-hybridized carbons (Fsp3) is 0.350. The number of methoxy groups -OCH3 is 2. The van der Waals surface area contributed by atoms with Crippen molar-refractivity contribution in [1.29, 1.82) is 0 Å². The second-order valence-corrected chi connectivity index (χ2v) is 5.78. The van der Waals surface area contributed by atoms with Crippen LogP contribution < -0.4 is 19.5 Å². The van der Waals surface area contributed by atoms with Crippen LogP contribution in [0.2, 0.25) is 0 Å². The molecular weight excluding hydrogens is 337 g/mol. The lowest BCUT2D eigenvalue weighted by Crippen LogP contribution is -2.39. The van der Waals surface area contributed by atoms with Crippen molar-refractivity contribution in [3.8, 4) is 17.2 Å². The molecule has 2 rings (SSSR count). The third-order valence-electron chi connectivity index (χ3n) is 4.03. The molecule has 6 heteroatoms. The van der Waals surface area contributed by atoms with Crippen molar-refractivity contribution in [1.82, 2.24) is 5.32 Å². The molecule has 0 heterocycles. The van der Waals surface area contributed by atoms with Gasteiger partial charge in [0, 0.05) is 5.56 Å². The van der Waals surface area contributed by atoms with Crippen LogP contribution in [0.5, 0.6) is 17.2 Å². The summed E-state index contributed by atoms with van der Waals surface area (Å²) in [6.45, 7) is 3.65. The van der Waals surface area contributed by atoms with E-state index in [-0.39, 0.29) is 17.7 Å². The molecule has 0 aliphatic heterocycles. The number of halogens is 1. The van der Waals surface area contributed by atoms with Crippen molar-refractivity contribution >= 4 is 5.91 Å². The first-order valence-corrected chi connectivity index (χ1v) is 8.43. The molecular formula is C20H24FNO4. The number of carbonyl (C=O) groups excluding carboxylic acids is 1. The lowest BCUT2D eigenvalue weighted by Gasteiger charge is -2.22. The predicted molar refractivity (Wildman–Crippen MR) is 97.2 cm³/mol. The molecule has 0 aliphatic rings. The number of hydrogen-bond acceptors (Lipinski definition) is 4. The molecule has 0 bridgehead atoms. The van der Waals surface area contributed by atoms with Crippen LogP contribution in [0.15, 0.2) is 42.5 Å². The van der Waals surface area contributed by atoms with Gasteiger partial charge in [-0.1, -0.05) is 19.1 Å². The van der Waals surface area contributed by atoms with Crippen LogP contribution in [0.25, 0.3) is 0 Å². The van der Waals surface area contributed by atoms with Crippen LogP contribution in [0.3, 0.4) is 0 Å². The summed E-state index contributed by atoms with van der Waals surface area (Å²) in [5.74, 6) is 0.536. The summed E-state index contributed by atoms with van der Waals surface area (Å²) < 4.78 is 29.9. The monoisotopic (exact) mass is 361 g/mol. The van der Waals surface area contributed by atoms with Gasteiger partial charge in [-0.15, -0.1) is 0 Å². The Kier molecular flexibility index (Phi) is 6.83. The minimum Gasteiger partial charge on any atom is -0.497 e. The zero-order valence-electron chi connectivity index (χ0n) is 15.4. The molecule has 2 aromatic carbocycles. The van der Waals surface area contributed by atoms with Gasteiger partial charge in [-0.2, -0.15) is 0 Å².